The summed E-state index contributed by atoms with van der Waals surface area (Å²) in [6.07, 6.45) is 0. The largest absolute Gasteiger partial charge is 0.387 e. The van der Waals surface area contributed by atoms with Gasteiger partial charge in [0, 0.05) is 0 Å². The van der Waals surface area contributed by atoms with Crippen molar-refractivity contribution in [2.45, 2.75) is 4.90 Å². The standard InChI is InChI=1S/C8H9F2N3O2S/c9-5-1-2-6(10)7(3-5)16(14,15)13-4-8(11)12/h1-3,13H,4H2,(H3,11,12). The van der Waals surface area contributed by atoms with Gasteiger partial charge in [-0.1, -0.05) is 0 Å². The minimum Gasteiger partial charge on any atom is -0.387 e. The van der Waals surface area contributed by atoms with Crippen LogP contribution in [-0.4, -0.2) is 20.8 Å². The molecule has 0 spiro atoms. The van der Waals surface area contributed by atoms with Crippen molar-refractivity contribution < 1.29 is 17.2 Å². The first-order chi connectivity index (χ1) is 7.33. The lowest BCUT2D eigenvalue weighted by molar-refractivity contribution is 0.548. The zero-order valence-corrected chi connectivity index (χ0v) is 8.81. The van der Waals surface area contributed by atoms with Crippen molar-refractivity contribution in [3.63, 3.8) is 0 Å². The van der Waals surface area contributed by atoms with Crippen molar-refractivity contribution in [1.82, 2.24) is 4.72 Å². The van der Waals surface area contributed by atoms with Crippen LogP contribution in [0.3, 0.4) is 0 Å². The molecule has 0 saturated carbocycles. The Balaban J connectivity index is 3.07. The van der Waals surface area contributed by atoms with Crippen LogP contribution in [0.25, 0.3) is 0 Å². The maximum Gasteiger partial charge on any atom is 0.243 e. The normalized spacial score (nSPS) is 11.4. The molecule has 0 atom stereocenters. The lowest BCUT2D eigenvalue weighted by Crippen LogP contribution is -2.33. The molecule has 0 aromatic heterocycles. The fourth-order valence-corrected chi connectivity index (χ4v) is 2.03. The van der Waals surface area contributed by atoms with E-state index < -0.39 is 38.9 Å². The molecule has 1 aromatic rings. The van der Waals surface area contributed by atoms with Crippen LogP contribution >= 0.6 is 0 Å². The summed E-state index contributed by atoms with van der Waals surface area (Å²) in [5, 5.41) is 6.82. The van der Waals surface area contributed by atoms with Crippen molar-refractivity contribution in [3.05, 3.63) is 29.8 Å². The molecule has 5 nitrogen and oxygen atoms in total. The van der Waals surface area contributed by atoms with E-state index in [1.165, 1.54) is 0 Å². The molecule has 0 radical (unpaired) electrons. The lowest BCUT2D eigenvalue weighted by Gasteiger charge is -2.06. The summed E-state index contributed by atoms with van der Waals surface area (Å²) in [6.45, 7) is -0.460. The van der Waals surface area contributed by atoms with Gasteiger partial charge in [0.15, 0.2) is 0 Å². The maximum absolute atomic E-state index is 13.1. The Labute approximate surface area is 90.8 Å². The maximum atomic E-state index is 13.1. The molecule has 0 amide bonds. The van der Waals surface area contributed by atoms with Crippen LogP contribution in [0.1, 0.15) is 0 Å². The van der Waals surface area contributed by atoms with Gasteiger partial charge < -0.3 is 5.73 Å². The van der Waals surface area contributed by atoms with Crippen molar-refractivity contribution in [1.29, 1.82) is 5.41 Å². The van der Waals surface area contributed by atoms with E-state index in [0.717, 1.165) is 6.07 Å². The third-order valence-electron chi connectivity index (χ3n) is 1.64. The summed E-state index contributed by atoms with van der Waals surface area (Å²) in [6, 6.07) is 2.06. The minimum atomic E-state index is -4.19. The molecule has 1 rings (SSSR count). The molecule has 4 N–H and O–H groups in total. The van der Waals surface area contributed by atoms with Gasteiger partial charge in [-0.25, -0.2) is 21.9 Å². The number of benzene rings is 1. The summed E-state index contributed by atoms with van der Waals surface area (Å²) >= 11 is 0. The predicted octanol–water partition coefficient (Wildman–Crippen LogP) is 0.179. The highest BCUT2D eigenvalue weighted by Crippen LogP contribution is 2.15. The Bertz CT molecular complexity index is 516. The predicted molar refractivity (Wildman–Crippen MR) is 53.5 cm³/mol. The number of rotatable bonds is 4. The highest BCUT2D eigenvalue weighted by atomic mass is 32.2. The molecule has 0 unspecified atom stereocenters. The van der Waals surface area contributed by atoms with E-state index in [-0.39, 0.29) is 0 Å². The first-order valence-electron chi connectivity index (χ1n) is 4.10. The Morgan fingerprint density at radius 1 is 1.44 bits per heavy atom. The van der Waals surface area contributed by atoms with Crippen LogP contribution in [0, 0.1) is 17.0 Å². The topological polar surface area (TPSA) is 96.0 Å². The van der Waals surface area contributed by atoms with Gasteiger partial charge in [-0.2, -0.15) is 0 Å². The van der Waals surface area contributed by atoms with Gasteiger partial charge in [0.1, 0.15) is 22.4 Å². The summed E-state index contributed by atoms with van der Waals surface area (Å²) in [5.74, 6) is -2.37. The van der Waals surface area contributed by atoms with E-state index in [4.69, 9.17) is 11.1 Å². The molecular formula is C8H9F2N3O2S. The fourth-order valence-electron chi connectivity index (χ4n) is 0.934. The molecule has 0 bridgehead atoms. The molecule has 0 aliphatic rings. The van der Waals surface area contributed by atoms with Gasteiger partial charge in [-0.3, -0.25) is 5.41 Å². The average Bonchev–Trinajstić information content (AvgIpc) is 2.19. The third kappa shape index (κ3) is 2.97. The van der Waals surface area contributed by atoms with Gasteiger partial charge in [0.05, 0.1) is 6.54 Å². The molecule has 0 aliphatic carbocycles. The molecule has 88 valence electrons. The van der Waals surface area contributed by atoms with E-state index in [1.54, 1.807) is 0 Å². The highest BCUT2D eigenvalue weighted by Gasteiger charge is 2.19. The molecule has 1 aromatic carbocycles. The van der Waals surface area contributed by atoms with Crippen molar-refractivity contribution in [2.24, 2.45) is 5.73 Å². The molecule has 0 aliphatic heterocycles. The van der Waals surface area contributed by atoms with E-state index in [2.05, 4.69) is 0 Å². The number of halogens is 2. The Morgan fingerprint density at radius 2 is 2.06 bits per heavy atom. The summed E-state index contributed by atoms with van der Waals surface area (Å²) in [4.78, 5) is -0.811. The fraction of sp³-hybridized carbons (Fsp3) is 0.125. The number of nitrogens with one attached hydrogen (secondary N) is 2. The SMILES string of the molecule is N=C(N)CNS(=O)(=O)c1cc(F)ccc1F. The number of amidine groups is 1. The van der Waals surface area contributed by atoms with Crippen LogP contribution in [0.4, 0.5) is 8.78 Å². The van der Waals surface area contributed by atoms with E-state index in [9.17, 15) is 17.2 Å². The van der Waals surface area contributed by atoms with Crippen molar-refractivity contribution in [2.75, 3.05) is 6.54 Å². The van der Waals surface area contributed by atoms with Gasteiger partial charge in [0.25, 0.3) is 0 Å². The van der Waals surface area contributed by atoms with Gasteiger partial charge >= 0.3 is 0 Å². The van der Waals surface area contributed by atoms with E-state index in [1.807, 2.05) is 4.72 Å². The first-order valence-corrected chi connectivity index (χ1v) is 5.59. The summed E-state index contributed by atoms with van der Waals surface area (Å²) in [5.41, 5.74) is 4.93. The van der Waals surface area contributed by atoms with Crippen LogP contribution in [0.15, 0.2) is 23.1 Å². The lowest BCUT2D eigenvalue weighted by atomic mass is 10.3. The second-order valence-corrected chi connectivity index (χ2v) is 4.66. The number of hydrogen-bond acceptors (Lipinski definition) is 3. The Hall–Kier alpha value is -1.54. The Morgan fingerprint density at radius 3 is 2.62 bits per heavy atom. The first kappa shape index (κ1) is 12.5. The molecular weight excluding hydrogens is 240 g/mol. The van der Waals surface area contributed by atoms with E-state index in [0.29, 0.717) is 12.1 Å². The quantitative estimate of drug-likeness (QED) is 0.524. The zero-order valence-electron chi connectivity index (χ0n) is 8.00. The summed E-state index contributed by atoms with van der Waals surface area (Å²) < 4.78 is 50.6. The number of sulfonamides is 1. The average molecular weight is 249 g/mol. The zero-order chi connectivity index (χ0) is 12.3. The minimum absolute atomic E-state index is 0.430. The second kappa shape index (κ2) is 4.54. The molecule has 0 heterocycles. The van der Waals surface area contributed by atoms with Crippen LogP contribution < -0.4 is 10.5 Å². The van der Waals surface area contributed by atoms with Crippen molar-refractivity contribution in [3.8, 4) is 0 Å². The van der Waals surface area contributed by atoms with Crippen LogP contribution in [-0.2, 0) is 10.0 Å². The van der Waals surface area contributed by atoms with Crippen LogP contribution in [0.2, 0.25) is 0 Å². The van der Waals surface area contributed by atoms with Gasteiger partial charge in [-0.05, 0) is 18.2 Å². The molecule has 0 saturated heterocycles. The molecule has 16 heavy (non-hydrogen) atoms. The number of hydrogen-bond donors (Lipinski definition) is 3. The molecule has 0 fully saturated rings. The van der Waals surface area contributed by atoms with Gasteiger partial charge in [0.2, 0.25) is 10.0 Å². The van der Waals surface area contributed by atoms with Crippen LogP contribution in [0.5, 0.6) is 0 Å². The van der Waals surface area contributed by atoms with Crippen molar-refractivity contribution >= 4 is 15.9 Å². The Kier molecular flexibility index (Phi) is 3.55. The highest BCUT2D eigenvalue weighted by molar-refractivity contribution is 7.89. The number of nitrogens with two attached hydrogens (primary N) is 1. The summed E-state index contributed by atoms with van der Waals surface area (Å²) in [7, 11) is -4.19. The molecule has 8 heteroatoms. The monoisotopic (exact) mass is 249 g/mol. The third-order valence-corrected chi connectivity index (χ3v) is 3.05. The van der Waals surface area contributed by atoms with E-state index >= 15 is 0 Å². The van der Waals surface area contributed by atoms with Gasteiger partial charge in [-0.15, -0.1) is 0 Å². The smallest absolute Gasteiger partial charge is 0.243 e. The second-order valence-electron chi connectivity index (χ2n) is 2.92.